The van der Waals surface area contributed by atoms with Crippen molar-refractivity contribution in [1.29, 1.82) is 0 Å². The molecule has 0 radical (unpaired) electrons. The second kappa shape index (κ2) is 6.14. The van der Waals surface area contributed by atoms with E-state index in [9.17, 15) is 0 Å². The zero-order valence-electron chi connectivity index (χ0n) is 14.6. The van der Waals surface area contributed by atoms with Crippen molar-refractivity contribution in [3.63, 3.8) is 0 Å². The molecular formula is C23H21N2+. The fraction of sp³-hybridized carbons (Fsp3) is 0.130. The number of aliphatic imine (C=N–C) groups is 1. The van der Waals surface area contributed by atoms with E-state index < -0.39 is 5.66 Å². The minimum Gasteiger partial charge on any atom is -0.203 e. The molecule has 4 rings (SSSR count). The van der Waals surface area contributed by atoms with Gasteiger partial charge in [-0.25, -0.2) is 9.57 Å². The summed E-state index contributed by atoms with van der Waals surface area (Å²) < 4.78 is 2.29. The van der Waals surface area contributed by atoms with E-state index in [4.69, 9.17) is 4.99 Å². The molecule has 0 amide bonds. The smallest absolute Gasteiger partial charge is 0.203 e. The first-order chi connectivity index (χ1) is 12.2. The van der Waals surface area contributed by atoms with Gasteiger partial charge >= 0.3 is 0 Å². The molecule has 0 aliphatic carbocycles. The van der Waals surface area contributed by atoms with Crippen LogP contribution in [0.5, 0.6) is 0 Å². The third-order valence-electron chi connectivity index (χ3n) is 4.96. The first-order valence-electron chi connectivity index (χ1n) is 8.57. The summed E-state index contributed by atoms with van der Waals surface area (Å²) in [6.45, 7) is 2.18. The van der Waals surface area contributed by atoms with Crippen LogP contribution in [-0.4, -0.2) is 23.0 Å². The van der Waals surface area contributed by atoms with Gasteiger partial charge in [0, 0.05) is 23.6 Å². The molecule has 3 aromatic carbocycles. The van der Waals surface area contributed by atoms with Gasteiger partial charge in [-0.3, -0.25) is 0 Å². The average Bonchev–Trinajstić information content (AvgIpc) is 2.96. The highest BCUT2D eigenvalue weighted by atomic mass is 15.2. The summed E-state index contributed by atoms with van der Waals surface area (Å²) in [7, 11) is 2.13. The van der Waals surface area contributed by atoms with E-state index in [2.05, 4.69) is 97.4 Å². The standard InChI is InChI=1S/C23H21N2/c1-23(20-16-10-5-11-17-20)24-21(18-12-6-3-7-13-18)22(25(23)2)19-14-8-4-9-15-19/h3-17H,1-2H3/q+1. The Morgan fingerprint density at radius 3 is 1.72 bits per heavy atom. The molecule has 0 N–H and O–H groups in total. The summed E-state index contributed by atoms with van der Waals surface area (Å²) in [5.41, 5.74) is 5.31. The molecule has 0 spiro atoms. The van der Waals surface area contributed by atoms with Gasteiger partial charge in [0.1, 0.15) is 12.8 Å². The van der Waals surface area contributed by atoms with Gasteiger partial charge in [-0.2, -0.15) is 0 Å². The SMILES string of the molecule is C[N+]1=C(c2ccccc2)C(c2ccccc2)=NC1(C)c1ccccc1. The third-order valence-corrected chi connectivity index (χ3v) is 4.96. The number of benzene rings is 3. The second-order valence-corrected chi connectivity index (χ2v) is 6.49. The number of hydrogen-bond donors (Lipinski definition) is 0. The van der Waals surface area contributed by atoms with Crippen LogP contribution < -0.4 is 0 Å². The quantitative estimate of drug-likeness (QED) is 0.630. The van der Waals surface area contributed by atoms with Gasteiger partial charge in [0.05, 0.1) is 0 Å². The molecule has 2 nitrogen and oxygen atoms in total. The highest BCUT2D eigenvalue weighted by molar-refractivity contribution is 6.52. The van der Waals surface area contributed by atoms with Crippen LogP contribution in [0.25, 0.3) is 0 Å². The summed E-state index contributed by atoms with van der Waals surface area (Å²) in [6, 6.07) is 31.5. The molecule has 1 unspecified atom stereocenters. The van der Waals surface area contributed by atoms with E-state index in [0.717, 1.165) is 17.0 Å². The van der Waals surface area contributed by atoms with E-state index >= 15 is 0 Å². The molecule has 1 atom stereocenters. The summed E-state index contributed by atoms with van der Waals surface area (Å²) in [4.78, 5) is 5.20. The maximum atomic E-state index is 5.20. The molecule has 122 valence electrons. The summed E-state index contributed by atoms with van der Waals surface area (Å²) in [5.74, 6) is 0. The lowest BCUT2D eigenvalue weighted by atomic mass is 10.00. The van der Waals surface area contributed by atoms with E-state index in [1.54, 1.807) is 0 Å². The van der Waals surface area contributed by atoms with Crippen molar-refractivity contribution in [2.75, 3.05) is 7.05 Å². The molecule has 0 saturated heterocycles. The van der Waals surface area contributed by atoms with Gasteiger partial charge in [-0.05, 0) is 24.3 Å². The molecule has 0 fully saturated rings. The van der Waals surface area contributed by atoms with Crippen LogP contribution in [0.1, 0.15) is 23.6 Å². The average molecular weight is 325 g/mol. The van der Waals surface area contributed by atoms with Gasteiger partial charge < -0.3 is 0 Å². The first-order valence-corrected chi connectivity index (χ1v) is 8.57. The monoisotopic (exact) mass is 325 g/mol. The fourth-order valence-electron chi connectivity index (χ4n) is 3.46. The highest BCUT2D eigenvalue weighted by Gasteiger charge is 2.45. The maximum Gasteiger partial charge on any atom is 0.279 e. The molecule has 25 heavy (non-hydrogen) atoms. The Labute approximate surface area is 148 Å². The lowest BCUT2D eigenvalue weighted by Gasteiger charge is -2.18. The van der Waals surface area contributed by atoms with E-state index in [-0.39, 0.29) is 0 Å². The van der Waals surface area contributed by atoms with Crippen LogP contribution in [-0.2, 0) is 5.66 Å². The van der Waals surface area contributed by atoms with Crippen LogP contribution >= 0.6 is 0 Å². The van der Waals surface area contributed by atoms with E-state index in [0.29, 0.717) is 0 Å². The van der Waals surface area contributed by atoms with Crippen LogP contribution in [0.15, 0.2) is 96.0 Å². The molecular weight excluding hydrogens is 304 g/mol. The Morgan fingerprint density at radius 2 is 1.16 bits per heavy atom. The Hall–Kier alpha value is -3.00. The Bertz CT molecular complexity index is 941. The number of rotatable bonds is 3. The molecule has 0 aromatic heterocycles. The molecule has 0 bridgehead atoms. The molecule has 2 heteroatoms. The summed E-state index contributed by atoms with van der Waals surface area (Å²) in [6.07, 6.45) is 0. The third kappa shape index (κ3) is 2.60. The van der Waals surface area contributed by atoms with Crippen molar-refractivity contribution in [1.82, 2.24) is 0 Å². The summed E-state index contributed by atoms with van der Waals surface area (Å²) >= 11 is 0. The van der Waals surface area contributed by atoms with Gasteiger partial charge in [-0.1, -0.05) is 66.7 Å². The molecule has 1 heterocycles. The van der Waals surface area contributed by atoms with Crippen LogP contribution in [0, 0.1) is 0 Å². The van der Waals surface area contributed by atoms with Crippen molar-refractivity contribution in [2.24, 2.45) is 4.99 Å². The van der Waals surface area contributed by atoms with Crippen molar-refractivity contribution in [3.8, 4) is 0 Å². The normalized spacial score (nSPS) is 19.8. The predicted octanol–water partition coefficient (Wildman–Crippen LogP) is 4.49. The minimum absolute atomic E-state index is 0.419. The summed E-state index contributed by atoms with van der Waals surface area (Å²) in [5, 5.41) is 0. The van der Waals surface area contributed by atoms with Crippen molar-refractivity contribution >= 4 is 11.4 Å². The predicted molar refractivity (Wildman–Crippen MR) is 104 cm³/mol. The second-order valence-electron chi connectivity index (χ2n) is 6.49. The van der Waals surface area contributed by atoms with Crippen molar-refractivity contribution < 1.29 is 4.58 Å². The fourth-order valence-corrected chi connectivity index (χ4v) is 3.46. The van der Waals surface area contributed by atoms with Gasteiger partial charge in [-0.15, -0.1) is 0 Å². The van der Waals surface area contributed by atoms with Crippen molar-refractivity contribution in [2.45, 2.75) is 12.6 Å². The van der Waals surface area contributed by atoms with E-state index in [1.165, 1.54) is 11.1 Å². The zero-order valence-corrected chi connectivity index (χ0v) is 14.6. The molecule has 0 saturated carbocycles. The maximum absolute atomic E-state index is 5.20. The van der Waals surface area contributed by atoms with Crippen LogP contribution in [0.4, 0.5) is 0 Å². The molecule has 1 aliphatic heterocycles. The minimum atomic E-state index is -0.419. The van der Waals surface area contributed by atoms with Gasteiger partial charge in [0.15, 0.2) is 0 Å². The lowest BCUT2D eigenvalue weighted by Crippen LogP contribution is -2.32. The zero-order chi connectivity index (χ0) is 17.3. The number of hydrogen-bond acceptors (Lipinski definition) is 1. The Morgan fingerprint density at radius 1 is 0.680 bits per heavy atom. The largest absolute Gasteiger partial charge is 0.279 e. The Balaban J connectivity index is 1.96. The lowest BCUT2D eigenvalue weighted by molar-refractivity contribution is -0.581. The Kier molecular flexibility index (Phi) is 3.81. The van der Waals surface area contributed by atoms with Crippen LogP contribution in [0.3, 0.4) is 0 Å². The highest BCUT2D eigenvalue weighted by Crippen LogP contribution is 2.33. The van der Waals surface area contributed by atoms with Crippen LogP contribution in [0.2, 0.25) is 0 Å². The van der Waals surface area contributed by atoms with Gasteiger partial charge in [0.2, 0.25) is 5.71 Å². The number of nitrogens with zero attached hydrogens (tertiary/aromatic N) is 2. The van der Waals surface area contributed by atoms with E-state index in [1.807, 2.05) is 12.1 Å². The molecule has 1 aliphatic rings. The molecule has 3 aromatic rings. The van der Waals surface area contributed by atoms with Crippen molar-refractivity contribution in [3.05, 3.63) is 108 Å². The van der Waals surface area contributed by atoms with Gasteiger partial charge in [0.25, 0.3) is 5.66 Å². The first kappa shape index (κ1) is 15.5. The topological polar surface area (TPSA) is 15.4 Å².